The molecule has 0 radical (unpaired) electrons. The normalized spacial score (nSPS) is 10.3. The van der Waals surface area contributed by atoms with Gasteiger partial charge in [0, 0.05) is 45.8 Å². The summed E-state index contributed by atoms with van der Waals surface area (Å²) in [6.07, 6.45) is 10.3. The van der Waals surface area contributed by atoms with Gasteiger partial charge in [-0.05, 0) is 89.7 Å². The van der Waals surface area contributed by atoms with E-state index in [0.717, 1.165) is 106 Å². The fourth-order valence-corrected chi connectivity index (χ4v) is 8.17. The maximum atomic E-state index is 11.7. The molecule has 8 aromatic rings. The zero-order valence-corrected chi connectivity index (χ0v) is 87.7. The number of halogens is 13. The number of nitrogens with one attached hydrogen (secondary N) is 4. The molecule has 64 heteroatoms. The molecule has 1 saturated heterocycles. The van der Waals surface area contributed by atoms with Crippen LogP contribution >= 0.6 is 133 Å². The number of aromatic nitrogens is 1. The number of carboxylic acids is 1. The number of pyridine rings is 1. The summed E-state index contributed by atoms with van der Waals surface area (Å²) in [7, 11) is 48.8. The van der Waals surface area contributed by atoms with E-state index in [-0.39, 0.29) is 120 Å². The van der Waals surface area contributed by atoms with Crippen LogP contribution in [0.15, 0.2) is 221 Å². The number of carbonyl (C=O) groups excluding carboxylic acids is 2. The van der Waals surface area contributed by atoms with Gasteiger partial charge in [0.2, 0.25) is 0 Å². The van der Waals surface area contributed by atoms with Gasteiger partial charge in [-0.15, -0.1) is 38.1 Å². The van der Waals surface area contributed by atoms with E-state index in [1.807, 2.05) is 122 Å². The second-order valence-corrected chi connectivity index (χ2v) is 51.2. The zero-order chi connectivity index (χ0) is 87.2. The van der Waals surface area contributed by atoms with E-state index in [0.29, 0.717) is 41.1 Å². The van der Waals surface area contributed by atoms with Crippen molar-refractivity contribution in [3.05, 3.63) is 392 Å². The molecule has 28 N–H and O–H groups in total. The fourth-order valence-electron chi connectivity index (χ4n) is 8.17. The number of benzene rings is 7. The number of hydrogen-bond acceptors (Lipinski definition) is 27. The SMILES string of the molecule is C=c1ccc2c(c1)Oc1cc(C)ccc1C=2c1ccccc1C(=O)O.N[N-]c1cc([N+](=O)[O-])cc([N+](=O)[O-])c1.O=C1CCC(=O)[N-]1.O=N[O-].O=N[O-].O=N[O-].O=N[O-].O=N[O-].Oc1ccnc2ccccc12.[Cl-].[Cl][Pt+2][Cl].[Cl][Pt+2][Cl].[Cl][Pt][Cl].[Cl][Pt][Cl].[Cl][Pt][Cl].[I][Pt+2][I].[NH-]C1=C2C=CC=CC2Nc2ccccc21.[NH-]c1ccccc1[NH-].[NH2-].[NH2-].[NH2-].[NH2-].[NH2-].[NH2-].[NH2-].[NH2-].[NH2-].[NH2-]. The molecule has 720 valence electrons. The van der Waals surface area contributed by atoms with E-state index < -0.39 is 110 Å². The number of carboxylic acid groups (broad SMARTS) is 1. The van der Waals surface area contributed by atoms with Gasteiger partial charge in [0.15, 0.2) is 0 Å². The van der Waals surface area contributed by atoms with Crippen molar-refractivity contribution in [3.63, 3.8) is 0 Å². The number of ether oxygens (including phenoxy) is 1. The number of imide groups is 1. The summed E-state index contributed by atoms with van der Waals surface area (Å²) in [4.78, 5) is 95.1. The van der Waals surface area contributed by atoms with Crippen LogP contribution in [0.1, 0.15) is 45.5 Å². The average molecular weight is 3270 g/mol. The summed E-state index contributed by atoms with van der Waals surface area (Å²) in [6.45, 7) is 5.96. The Morgan fingerprint density at radius 1 is 0.621 bits per heavy atom. The smallest absolute Gasteiger partial charge is 0.0689 e. The predicted molar refractivity (Wildman–Crippen MR) is 493 cm³/mol. The number of non-ortho nitro benzene ring substituents is 2. The number of nitro benzene ring substituents is 2. The molecular formula is C60H69Cl11I2N25O20Pt6-15. The van der Waals surface area contributed by atoms with Crippen LogP contribution < -0.4 is 38.7 Å². The number of amides is 2. The Hall–Kier alpha value is -5.74. The first kappa shape index (κ1) is 155. The van der Waals surface area contributed by atoms with Gasteiger partial charge in [-0.25, -0.2) is 4.79 Å². The van der Waals surface area contributed by atoms with E-state index in [4.69, 9.17) is 173 Å². The average Bonchev–Trinajstić information content (AvgIpc) is 0.804. The van der Waals surface area contributed by atoms with E-state index in [9.17, 15) is 44.8 Å². The van der Waals surface area contributed by atoms with Crippen molar-refractivity contribution in [1.82, 2.24) is 4.98 Å². The third kappa shape index (κ3) is 70.3. The van der Waals surface area contributed by atoms with Crippen LogP contribution in [0.25, 0.3) is 118 Å². The molecule has 0 spiro atoms. The van der Waals surface area contributed by atoms with Gasteiger partial charge in [0.05, 0.1) is 44.8 Å². The molecule has 4 aliphatic rings. The minimum atomic E-state index is -0.946. The van der Waals surface area contributed by atoms with Crippen molar-refractivity contribution >= 4 is 214 Å². The zero-order valence-electron chi connectivity index (χ0n) is 61.5. The molecule has 124 heavy (non-hydrogen) atoms. The first-order valence-electron chi connectivity index (χ1n) is 27.5. The molecule has 4 heterocycles. The number of aromatic hydroxyl groups is 1. The van der Waals surface area contributed by atoms with Crippen molar-refractivity contribution in [3.8, 4) is 17.2 Å². The summed E-state index contributed by atoms with van der Waals surface area (Å²) in [6, 6.07) is 45.6. The molecule has 0 saturated carbocycles. The molecule has 1 aromatic heterocycles. The van der Waals surface area contributed by atoms with E-state index in [2.05, 4.69) is 72.4 Å². The number of rotatable bonds is 5. The summed E-state index contributed by atoms with van der Waals surface area (Å²) in [5.41, 5.74) is 33.4. The van der Waals surface area contributed by atoms with E-state index >= 15 is 0 Å². The van der Waals surface area contributed by atoms with Gasteiger partial charge in [0.1, 0.15) is 17.2 Å². The number of hydrogen-bond donors (Lipinski definition) is 4. The third-order valence-corrected chi connectivity index (χ3v) is 12.0. The van der Waals surface area contributed by atoms with Crippen LogP contribution in [-0.2, 0) is 103 Å². The van der Waals surface area contributed by atoms with Crippen molar-refractivity contribution in [2.24, 2.45) is 32.5 Å². The Labute approximate surface area is 826 Å². The third-order valence-electron chi connectivity index (χ3n) is 12.0. The van der Waals surface area contributed by atoms with Crippen LogP contribution in [0.2, 0.25) is 0 Å². The molecule has 1 atom stereocenters. The number of aromatic carboxylic acids is 1. The number of nitrogens with zero attached hydrogens (tertiary/aromatic N) is 10. The van der Waals surface area contributed by atoms with Gasteiger partial charge in [-0.2, -0.15) is 11.4 Å². The minimum Gasteiger partial charge on any atom is -0.700 e. The van der Waals surface area contributed by atoms with Crippen LogP contribution in [0, 0.1) is 77.7 Å². The van der Waals surface area contributed by atoms with Crippen LogP contribution in [0.3, 0.4) is 0 Å². The largest absolute Gasteiger partial charge is 0.700 e. The van der Waals surface area contributed by atoms with Crippen LogP contribution in [0.4, 0.5) is 34.1 Å². The second-order valence-electron chi connectivity index (χ2n) is 18.2. The number of para-hydroxylation sites is 2. The van der Waals surface area contributed by atoms with Crippen molar-refractivity contribution < 1.29 is 145 Å². The van der Waals surface area contributed by atoms with Crippen LogP contribution in [0.5, 0.6) is 17.2 Å². The molecule has 7 aromatic carbocycles. The number of nitro groups is 2. The molecule has 1 aliphatic carbocycles. The topological polar surface area (TPSA) is 935 Å². The maximum Gasteiger partial charge on any atom is 0.0689 e. The molecule has 3 aliphatic heterocycles. The Morgan fingerprint density at radius 2 is 1.02 bits per heavy atom. The first-order valence-corrected chi connectivity index (χ1v) is 68.5. The summed E-state index contributed by atoms with van der Waals surface area (Å²) < 4.78 is 6.08. The molecule has 1 unspecified atom stereocenters. The van der Waals surface area contributed by atoms with Gasteiger partial charge < -0.3 is 188 Å². The molecule has 2 amide bonds. The van der Waals surface area contributed by atoms with Gasteiger partial charge in [-0.1, -0.05) is 128 Å². The monoisotopic (exact) mass is 3270 g/mol. The Kier molecular flexibility index (Phi) is 129. The fraction of sp³-hybridized carbons (Fsp3) is 0.0667. The van der Waals surface area contributed by atoms with Crippen molar-refractivity contribution in [1.29, 1.82) is 0 Å². The number of carbonyl (C=O) groups is 3. The number of nitrogens with two attached hydrogens (primary N) is 11. The second kappa shape index (κ2) is 103. The molecule has 1 fully saturated rings. The first-order chi connectivity index (χ1) is 54.0. The molecule has 45 nitrogen and oxygen atoms in total. The van der Waals surface area contributed by atoms with Crippen molar-refractivity contribution in [2.45, 2.75) is 25.8 Å². The summed E-state index contributed by atoms with van der Waals surface area (Å²) >= 11 is 2.93. The number of aryl methyl sites for hydroxylation is 1. The standard InChI is InChI=1S/C22H16O3.C13H11N2.C9H7NO.C6H5N4O4.C6H6N2.C4H5NO2.11ClH.2HI.5HNO2.10H2N.6Pt/c1-13-7-9-17-19(11-13)25-20-12-14(2)8-10-18(20)21(17)15-5-3-4-6-16(15)22(23)24;14-13-9-5-1-3-7-11(9)15-12-8-4-2-6-10(12)13;11-9-5-6-10-8-4-2-1-3-7(8)9;7-8-4-1-5(9(11)12)3-6(2-4)10(13)14;7-5-3-1-2-4-6(5)8;6-3-1-2-4(7)5-3;;;;;;;;;;;;;;5*2-1-3;;;;;;;;;;;;;;;;/h3-12H,1H2,2H3,(H,23,24);1-8,11,14-15H;1-6H,(H,10,11);1-3H,7H2;1-4,7-8H;1-2H2,(H,5,6,7);13*1H;5*(H,2,3);10*1H2;;;;;;/q;-1;;-1;-2;;;;;;;;;;;;;;;;;;;;10*-1;3*+2;3*+4/p-19. The number of allylic oxidation sites excluding steroid dienone is 2. The number of anilines is 1. The minimum absolute atomic E-state index is 0. The van der Waals surface area contributed by atoms with Crippen molar-refractivity contribution in [2.75, 3.05) is 5.32 Å². The quantitative estimate of drug-likeness (QED) is 0.0310. The predicted octanol–water partition coefficient (Wildman–Crippen LogP) is 27.5. The van der Waals surface area contributed by atoms with Crippen LogP contribution in [-0.4, -0.2) is 48.9 Å². The van der Waals surface area contributed by atoms with Gasteiger partial charge >= 0.3 is 232 Å². The Bertz CT molecular complexity index is 4330. The molecule has 12 rings (SSSR count). The molecule has 0 bridgehead atoms. The van der Waals surface area contributed by atoms with Gasteiger partial charge in [0.25, 0.3) is 11.4 Å². The van der Waals surface area contributed by atoms with E-state index in [1.165, 1.54) is 0 Å². The summed E-state index contributed by atoms with van der Waals surface area (Å²) in [5, 5.41) is 93.7. The number of fused-ring (bicyclic) bond motifs is 5. The summed E-state index contributed by atoms with van der Waals surface area (Å²) in [5.74, 6) is 5.09. The Balaban J connectivity index is -0.0000000758. The Morgan fingerprint density at radius 3 is 1.42 bits per heavy atom. The molecular weight excluding hydrogens is 3210 g/mol. The maximum absolute atomic E-state index is 11.7. The van der Waals surface area contributed by atoms with E-state index in [1.54, 1.807) is 48.7 Å². The van der Waals surface area contributed by atoms with Gasteiger partial charge in [-0.3, -0.25) is 25.2 Å².